The Morgan fingerprint density at radius 1 is 2.00 bits per heavy atom. The van der Waals surface area contributed by atoms with Crippen LogP contribution in [0.4, 0.5) is 0 Å². The summed E-state index contributed by atoms with van der Waals surface area (Å²) >= 11 is 0. The molecule has 3 radical (unpaired) electrons. The largest absolute Gasteiger partial charge is 0.545 e. The Labute approximate surface area is 45.3 Å². The molecule has 0 rings (SSSR count). The summed E-state index contributed by atoms with van der Waals surface area (Å²) in [5.41, 5.74) is 0. The summed E-state index contributed by atoms with van der Waals surface area (Å²) in [6.07, 6.45) is 0. The van der Waals surface area contributed by atoms with E-state index in [9.17, 15) is 0 Å². The third-order valence-electron chi connectivity index (χ3n) is 0. The first-order valence-electron chi connectivity index (χ1n) is 0.962. The average Bonchev–Trinajstić information content (AvgIpc) is 1.46. The molecule has 0 saturated heterocycles. The fourth-order valence-electron chi connectivity index (χ4n) is 0. The molecule has 0 aliphatic carbocycles. The van der Waals surface area contributed by atoms with Crippen LogP contribution in [0.3, 0.4) is 0 Å². The van der Waals surface area contributed by atoms with Gasteiger partial charge in [-0.05, 0) is 0 Å². The first kappa shape index (κ1) is 8.99. The fourth-order valence-corrected chi connectivity index (χ4v) is 0. The van der Waals surface area contributed by atoms with Crippen molar-refractivity contribution in [1.82, 2.24) is 0 Å². The number of carbonyl (C=O) groups excluding carboxylic acids is 1. The zero-order valence-electron chi connectivity index (χ0n) is 3.38. The molecular weight excluding hydrogens is 106 g/mol. The Morgan fingerprint density at radius 2 is 2.00 bits per heavy atom. The first-order valence-corrected chi connectivity index (χ1v) is 0.462. The zero-order chi connectivity index (χ0) is 4.71. The van der Waals surface area contributed by atoms with Crippen molar-refractivity contribution < 1.29 is 29.7 Å². The molecule has 4 heteroatoms. The SMILES string of the molecule is [2H][C-]=O.[B]O.[V]. The minimum atomic E-state index is 0. The summed E-state index contributed by atoms with van der Waals surface area (Å²) in [7, 11) is 3.50. The maximum Gasteiger partial charge on any atom is 0.277 e. The van der Waals surface area contributed by atoms with Crippen LogP contribution in [0.1, 0.15) is 1.37 Å². The van der Waals surface area contributed by atoms with E-state index in [1.165, 1.54) is 0 Å². The van der Waals surface area contributed by atoms with E-state index in [0.29, 0.717) is 0 Å². The third-order valence-corrected chi connectivity index (χ3v) is 0. The molecule has 0 amide bonds. The van der Waals surface area contributed by atoms with Gasteiger partial charge >= 0.3 is 0 Å². The van der Waals surface area contributed by atoms with Gasteiger partial charge in [0.1, 0.15) is 0 Å². The van der Waals surface area contributed by atoms with Gasteiger partial charge in [0.05, 0.1) is 0 Å². The van der Waals surface area contributed by atoms with Crippen LogP contribution in [0, 0.1) is 0 Å². The molecule has 0 bridgehead atoms. The standard InChI is InChI=1S/CHO.BHO.V/c2*1-2;/h1H;2H;/q-1;;/i1D;;. The summed E-state index contributed by atoms with van der Waals surface area (Å²) in [6, 6.07) is 0. The van der Waals surface area contributed by atoms with E-state index >= 15 is 0 Å². The molecule has 0 aromatic rings. The van der Waals surface area contributed by atoms with Gasteiger partial charge in [-0.1, -0.05) is 0 Å². The third kappa shape index (κ3) is 285. The van der Waals surface area contributed by atoms with E-state index < -0.39 is 0 Å². The number of hydrogen-bond acceptors (Lipinski definition) is 2. The summed E-state index contributed by atoms with van der Waals surface area (Å²) in [4.78, 5) is 8.35. The second kappa shape index (κ2) is 590. The Hall–Kier alpha value is 0.279. The second-order valence-corrected chi connectivity index (χ2v) is 0. The van der Waals surface area contributed by atoms with E-state index in [4.69, 9.17) is 11.2 Å². The minimum absolute atomic E-state index is 0. The molecule has 0 spiro atoms. The molecule has 0 heterocycles. The molecule has 0 unspecified atom stereocenters. The minimum Gasteiger partial charge on any atom is -0.545 e. The Bertz CT molecular complexity index is 21.0. The second-order valence-electron chi connectivity index (χ2n) is 0. The van der Waals surface area contributed by atoms with Crippen LogP contribution in [0.5, 0.6) is 0 Å². The average molecular weight is 109 g/mol. The molecule has 0 fully saturated rings. The van der Waals surface area contributed by atoms with Crippen molar-refractivity contribution in [2.45, 2.75) is 0 Å². The maximum absolute atomic E-state index is 8.35. The predicted molar refractivity (Wildman–Crippen MR) is 14.7 cm³/mol. The van der Waals surface area contributed by atoms with Crippen LogP contribution in [0.25, 0.3) is 0 Å². The van der Waals surface area contributed by atoms with Gasteiger partial charge in [0.2, 0.25) is 0 Å². The van der Waals surface area contributed by atoms with Gasteiger partial charge in [-0.3, -0.25) is 6.77 Å². The van der Waals surface area contributed by atoms with Crippen molar-refractivity contribution in [1.29, 1.82) is 0 Å². The van der Waals surface area contributed by atoms with Gasteiger partial charge in [-0.2, -0.15) is 1.37 Å². The van der Waals surface area contributed by atoms with Crippen LogP contribution in [0.15, 0.2) is 0 Å². The van der Waals surface area contributed by atoms with Crippen LogP contribution < -0.4 is 0 Å². The Balaban J connectivity index is -0.0000000275. The molecule has 0 aromatic carbocycles. The van der Waals surface area contributed by atoms with Crippen molar-refractivity contribution >= 4 is 14.8 Å². The quantitative estimate of drug-likeness (QED) is 0.240. The molecule has 5 heavy (non-hydrogen) atoms. The maximum atomic E-state index is 8.35. The first-order chi connectivity index (χ1) is 2.41. The van der Waals surface area contributed by atoms with Gasteiger partial charge in [0, 0.05) is 18.6 Å². The normalized spacial score (nSPS) is 3.80. The van der Waals surface area contributed by atoms with E-state index in [1.54, 1.807) is 0 Å². The summed E-state index contributed by atoms with van der Waals surface area (Å²) in [5.74, 6) is 0. The Morgan fingerprint density at radius 3 is 2.00 bits per heavy atom. The monoisotopic (exact) mass is 109 g/mol. The predicted octanol–water partition coefficient (Wildman–Crippen LogP) is -1.21. The van der Waals surface area contributed by atoms with Gasteiger partial charge in [0.15, 0.2) is 0 Å². The van der Waals surface area contributed by atoms with Crippen molar-refractivity contribution in [3.63, 3.8) is 0 Å². The fraction of sp³-hybridized carbons (Fsp3) is 0. The molecule has 27 valence electrons. The van der Waals surface area contributed by atoms with E-state index in [1.807, 2.05) is 0 Å². The molecule has 0 atom stereocenters. The van der Waals surface area contributed by atoms with Crippen molar-refractivity contribution in [3.8, 4) is 0 Å². The molecule has 0 aromatic heterocycles. The van der Waals surface area contributed by atoms with Crippen molar-refractivity contribution in [2.24, 2.45) is 0 Å². The van der Waals surface area contributed by atoms with Crippen LogP contribution in [0.2, 0.25) is 0 Å². The molecule has 0 aliphatic rings. The van der Waals surface area contributed by atoms with Gasteiger partial charge in [0.25, 0.3) is 8.05 Å². The van der Waals surface area contributed by atoms with Crippen LogP contribution >= 0.6 is 0 Å². The van der Waals surface area contributed by atoms with E-state index in [-0.39, 0.29) is 18.6 Å². The smallest absolute Gasteiger partial charge is 0.277 e. The zero-order valence-corrected chi connectivity index (χ0v) is 3.78. The summed E-state index contributed by atoms with van der Waals surface area (Å²) in [6.45, 7) is 0.750. The van der Waals surface area contributed by atoms with Crippen molar-refractivity contribution in [3.05, 3.63) is 0 Å². The van der Waals surface area contributed by atoms with Crippen LogP contribution in [-0.2, 0) is 23.4 Å². The van der Waals surface area contributed by atoms with E-state index in [0.717, 1.165) is 6.77 Å². The van der Waals surface area contributed by atoms with Gasteiger partial charge in [-0.25, -0.2) is 0 Å². The van der Waals surface area contributed by atoms with E-state index in [2.05, 4.69) is 8.05 Å². The van der Waals surface area contributed by atoms with Crippen molar-refractivity contribution in [2.75, 3.05) is 0 Å². The van der Waals surface area contributed by atoms with Gasteiger partial charge < -0.3 is 9.82 Å². The topological polar surface area (TPSA) is 37.3 Å². The Kier molecular flexibility index (Phi) is 1060. The molecule has 1 N–H and O–H groups in total. The molecule has 0 saturated carbocycles. The molecule has 2 nitrogen and oxygen atoms in total. The van der Waals surface area contributed by atoms with Crippen LogP contribution in [-0.4, -0.2) is 19.8 Å². The molecular formula is CH2BO2V-. The summed E-state index contributed by atoms with van der Waals surface area (Å²) in [5, 5.41) is 6.50. The number of rotatable bonds is 0. The molecule has 0 aliphatic heterocycles. The summed E-state index contributed by atoms with van der Waals surface area (Å²) < 4.78 is 5.40. The number of hydrogen-bond donors (Lipinski definition) is 1. The van der Waals surface area contributed by atoms with Gasteiger partial charge in [-0.15, -0.1) is 0 Å².